The third-order valence-corrected chi connectivity index (χ3v) is 8.42. The van der Waals surface area contributed by atoms with E-state index in [4.69, 9.17) is 18.9 Å². The van der Waals surface area contributed by atoms with Crippen molar-refractivity contribution in [2.45, 2.75) is 71.6 Å². The molecule has 0 unspecified atom stereocenters. The highest BCUT2D eigenvalue weighted by molar-refractivity contribution is 5.97. The van der Waals surface area contributed by atoms with E-state index in [1.165, 1.54) is 32.1 Å². The number of carbonyl (C=O) groups is 2. The minimum atomic E-state index is -0.437. The van der Waals surface area contributed by atoms with E-state index in [-0.39, 0.29) is 0 Å². The molecule has 0 radical (unpaired) electrons. The number of carbonyl (C=O) groups excluding carboxylic acids is 2. The molecule has 0 spiro atoms. The summed E-state index contributed by atoms with van der Waals surface area (Å²) >= 11 is 0. The van der Waals surface area contributed by atoms with Crippen molar-refractivity contribution in [1.82, 2.24) is 0 Å². The Kier molecular flexibility index (Phi) is 14.2. The van der Waals surface area contributed by atoms with Crippen molar-refractivity contribution in [2.24, 2.45) is 4.99 Å². The smallest absolute Gasteiger partial charge is 0.343 e. The number of nitrogens with zero attached hydrogens (tertiary/aromatic N) is 1. The number of hydrogen-bond acceptors (Lipinski definition) is 7. The summed E-state index contributed by atoms with van der Waals surface area (Å²) in [5.41, 5.74) is 2.46. The van der Waals surface area contributed by atoms with Crippen LogP contribution in [0.3, 0.4) is 0 Å². The van der Waals surface area contributed by atoms with Crippen molar-refractivity contribution in [1.29, 1.82) is 0 Å². The molecule has 0 aliphatic heterocycles. The SMILES string of the molecule is CCCCCCCCOc1ccc2cc(C(=O)Oc3ccc(N=Cc4ccc(OC(=O)c5ccc(OCCCCC)cc5)cc4)cc3)ccc2c1. The maximum atomic E-state index is 12.9. The molecule has 5 rings (SSSR count). The predicted molar refractivity (Wildman–Crippen MR) is 204 cm³/mol. The zero-order valence-corrected chi connectivity index (χ0v) is 29.6. The van der Waals surface area contributed by atoms with Gasteiger partial charge in [-0.3, -0.25) is 4.99 Å². The second-order valence-electron chi connectivity index (χ2n) is 12.5. The summed E-state index contributed by atoms with van der Waals surface area (Å²) in [6.45, 7) is 5.76. The monoisotopic (exact) mass is 685 g/mol. The Morgan fingerprint density at radius 1 is 0.510 bits per heavy atom. The topological polar surface area (TPSA) is 83.4 Å². The molecule has 0 saturated carbocycles. The number of benzene rings is 5. The van der Waals surface area contributed by atoms with Gasteiger partial charge >= 0.3 is 11.9 Å². The van der Waals surface area contributed by atoms with E-state index in [2.05, 4.69) is 18.8 Å². The molecule has 0 amide bonds. The van der Waals surface area contributed by atoms with E-state index in [0.29, 0.717) is 41.5 Å². The summed E-state index contributed by atoms with van der Waals surface area (Å²) in [5, 5.41) is 1.95. The van der Waals surface area contributed by atoms with E-state index < -0.39 is 11.9 Å². The molecule has 7 nitrogen and oxygen atoms in total. The summed E-state index contributed by atoms with van der Waals surface area (Å²) in [4.78, 5) is 30.0. The molecule has 5 aromatic carbocycles. The number of unbranched alkanes of at least 4 members (excludes halogenated alkanes) is 7. The Labute approximate surface area is 301 Å². The summed E-state index contributed by atoms with van der Waals surface area (Å²) in [7, 11) is 0. The lowest BCUT2D eigenvalue weighted by molar-refractivity contribution is 0.0725. The van der Waals surface area contributed by atoms with Crippen LogP contribution in [0, 0.1) is 0 Å². The van der Waals surface area contributed by atoms with Crippen molar-refractivity contribution in [3.63, 3.8) is 0 Å². The van der Waals surface area contributed by atoms with Gasteiger partial charge in [0, 0.05) is 6.21 Å². The van der Waals surface area contributed by atoms with Gasteiger partial charge in [-0.2, -0.15) is 0 Å². The van der Waals surface area contributed by atoms with Gasteiger partial charge in [0.25, 0.3) is 0 Å². The molecular formula is C44H47NO6. The summed E-state index contributed by atoms with van der Waals surface area (Å²) in [6.07, 6.45) is 12.4. The molecule has 0 fully saturated rings. The third-order valence-electron chi connectivity index (χ3n) is 8.42. The first-order chi connectivity index (χ1) is 25.0. The lowest BCUT2D eigenvalue weighted by Gasteiger charge is -2.09. The Bertz CT molecular complexity index is 1860. The molecule has 0 aliphatic rings. The number of fused-ring (bicyclic) bond motifs is 1. The highest BCUT2D eigenvalue weighted by atomic mass is 16.5. The van der Waals surface area contributed by atoms with Crippen LogP contribution in [0.5, 0.6) is 23.0 Å². The van der Waals surface area contributed by atoms with Crippen LogP contribution in [0.25, 0.3) is 10.8 Å². The second-order valence-corrected chi connectivity index (χ2v) is 12.5. The Morgan fingerprint density at radius 3 is 1.71 bits per heavy atom. The first kappa shape index (κ1) is 36.8. The summed E-state index contributed by atoms with van der Waals surface area (Å²) in [6, 6.07) is 32.5. The van der Waals surface area contributed by atoms with Crippen molar-refractivity contribution >= 4 is 34.6 Å². The summed E-state index contributed by atoms with van der Waals surface area (Å²) < 4.78 is 22.8. The zero-order chi connectivity index (χ0) is 35.7. The van der Waals surface area contributed by atoms with Crippen molar-refractivity contribution < 1.29 is 28.5 Å². The van der Waals surface area contributed by atoms with Crippen LogP contribution in [0.4, 0.5) is 5.69 Å². The van der Waals surface area contributed by atoms with Crippen LogP contribution in [-0.2, 0) is 0 Å². The van der Waals surface area contributed by atoms with E-state index >= 15 is 0 Å². The summed E-state index contributed by atoms with van der Waals surface area (Å²) in [5.74, 6) is 1.58. The minimum absolute atomic E-state index is 0.429. The van der Waals surface area contributed by atoms with Gasteiger partial charge < -0.3 is 18.9 Å². The van der Waals surface area contributed by atoms with E-state index in [9.17, 15) is 9.59 Å². The highest BCUT2D eigenvalue weighted by Crippen LogP contribution is 2.25. The van der Waals surface area contributed by atoms with Crippen LogP contribution in [-0.4, -0.2) is 31.4 Å². The van der Waals surface area contributed by atoms with Crippen molar-refractivity contribution in [2.75, 3.05) is 13.2 Å². The standard InChI is InChI=1S/C44H47NO6/c1-3-5-7-8-9-11-29-49-42-25-18-35-30-37(15-14-36(35)31-42)44(47)51-41-26-19-38(20-27-41)45-32-33-12-21-40(22-13-33)50-43(46)34-16-23-39(24-17-34)48-28-10-6-4-2/h12-27,30-32H,3-11,28-29H2,1-2H3. The van der Waals surface area contributed by atoms with Gasteiger partial charge in [-0.15, -0.1) is 0 Å². The Morgan fingerprint density at radius 2 is 1.00 bits per heavy atom. The predicted octanol–water partition coefficient (Wildman–Crippen LogP) is 11.3. The van der Waals surface area contributed by atoms with E-state index in [0.717, 1.165) is 53.5 Å². The fourth-order valence-electron chi connectivity index (χ4n) is 5.45. The number of esters is 2. The van der Waals surface area contributed by atoms with Crippen LogP contribution in [0.15, 0.2) is 114 Å². The van der Waals surface area contributed by atoms with E-state index in [1.807, 2.05) is 42.5 Å². The maximum Gasteiger partial charge on any atom is 0.343 e. The van der Waals surface area contributed by atoms with Gasteiger partial charge in [-0.1, -0.05) is 70.9 Å². The van der Waals surface area contributed by atoms with Crippen LogP contribution < -0.4 is 18.9 Å². The van der Waals surface area contributed by atoms with Crippen LogP contribution in [0.2, 0.25) is 0 Å². The second kappa shape index (κ2) is 19.7. The zero-order valence-electron chi connectivity index (χ0n) is 29.6. The van der Waals surface area contributed by atoms with Gasteiger partial charge in [0.1, 0.15) is 23.0 Å². The molecule has 0 aromatic heterocycles. The Hall–Kier alpha value is -5.43. The quantitative estimate of drug-likeness (QED) is 0.0372. The fourth-order valence-corrected chi connectivity index (χ4v) is 5.45. The first-order valence-electron chi connectivity index (χ1n) is 18.1. The number of aliphatic imine (C=N–C) groups is 1. The maximum absolute atomic E-state index is 12.9. The third kappa shape index (κ3) is 11.8. The molecule has 264 valence electrons. The van der Waals surface area contributed by atoms with Crippen molar-refractivity contribution in [3.8, 4) is 23.0 Å². The van der Waals surface area contributed by atoms with Gasteiger partial charge in [-0.05, 0) is 126 Å². The van der Waals surface area contributed by atoms with E-state index in [1.54, 1.807) is 72.9 Å². The molecule has 7 heteroatoms. The average molecular weight is 686 g/mol. The number of rotatable bonds is 19. The van der Waals surface area contributed by atoms with Gasteiger partial charge in [-0.25, -0.2) is 9.59 Å². The molecule has 5 aromatic rings. The van der Waals surface area contributed by atoms with Gasteiger partial charge in [0.05, 0.1) is 30.0 Å². The van der Waals surface area contributed by atoms with Crippen LogP contribution in [0.1, 0.15) is 97.9 Å². The number of hydrogen-bond donors (Lipinski definition) is 0. The Balaban J connectivity index is 1.07. The highest BCUT2D eigenvalue weighted by Gasteiger charge is 2.11. The molecule has 51 heavy (non-hydrogen) atoms. The molecule has 0 bridgehead atoms. The van der Waals surface area contributed by atoms with Gasteiger partial charge in [0.2, 0.25) is 0 Å². The molecule has 0 heterocycles. The average Bonchev–Trinajstić information content (AvgIpc) is 3.16. The lowest BCUT2D eigenvalue weighted by atomic mass is 10.1. The first-order valence-corrected chi connectivity index (χ1v) is 18.1. The van der Waals surface area contributed by atoms with Gasteiger partial charge in [0.15, 0.2) is 0 Å². The molecule has 0 atom stereocenters. The fraction of sp³-hybridized carbons (Fsp3) is 0.295. The molecule has 0 saturated heterocycles. The normalized spacial score (nSPS) is 11.1. The molecule has 0 aliphatic carbocycles. The molecular weight excluding hydrogens is 638 g/mol. The largest absolute Gasteiger partial charge is 0.494 e. The molecule has 0 N–H and O–H groups in total. The minimum Gasteiger partial charge on any atom is -0.494 e. The lowest BCUT2D eigenvalue weighted by Crippen LogP contribution is -2.08. The van der Waals surface area contributed by atoms with Crippen LogP contribution >= 0.6 is 0 Å². The van der Waals surface area contributed by atoms with Crippen molar-refractivity contribution in [3.05, 3.63) is 126 Å². The number of ether oxygens (including phenoxy) is 4.